The first-order valence-electron chi connectivity index (χ1n) is 19.0. The average Bonchev–Trinajstić information content (AvgIpc) is 3.97. The van der Waals surface area contributed by atoms with Crippen LogP contribution in [0.2, 0.25) is 0 Å². The van der Waals surface area contributed by atoms with E-state index in [-0.39, 0.29) is 12.1 Å². The zero-order chi connectivity index (χ0) is 34.0. The average molecular weight is 665 g/mol. The Hall–Kier alpha value is -4.45. The van der Waals surface area contributed by atoms with E-state index in [9.17, 15) is 4.79 Å². The van der Waals surface area contributed by atoms with Crippen LogP contribution >= 0.6 is 0 Å². The standard InChI is InChI=1S/C44H48N4O2/c1-44(2,3)50-43(49)48-22-6-9-39(48)37-24-34(25-45-37)27-10-12-28(13-11-27)35-20-21-36(41-33-19-18-32(23-33)40(35)41)29-14-16-30(17-15-29)38-26-46-42(47-38)31-7-4-5-8-31/h10-17,20-21,25-26,31-33,39H,4-9,18-19,22-24H2,1-3H3,(H,46,47). The lowest BCUT2D eigenvalue weighted by atomic mass is 9.81. The molecule has 4 aromatic rings. The molecule has 9 rings (SSSR count). The van der Waals surface area contributed by atoms with Gasteiger partial charge in [-0.2, -0.15) is 0 Å². The second kappa shape index (κ2) is 12.4. The number of ether oxygens (including phenoxy) is 1. The molecule has 50 heavy (non-hydrogen) atoms. The van der Waals surface area contributed by atoms with Crippen LogP contribution in [0.4, 0.5) is 4.79 Å². The second-order valence-corrected chi connectivity index (χ2v) is 16.3. The summed E-state index contributed by atoms with van der Waals surface area (Å²) in [5.41, 5.74) is 13.9. The molecule has 5 aliphatic rings. The number of amides is 1. The minimum absolute atomic E-state index is 0.0190. The molecular formula is C44H48N4O2. The molecule has 6 heteroatoms. The Bertz CT molecular complexity index is 1990. The summed E-state index contributed by atoms with van der Waals surface area (Å²) in [5.74, 6) is 3.06. The quantitative estimate of drug-likeness (QED) is 0.223. The first kappa shape index (κ1) is 31.5. The summed E-state index contributed by atoms with van der Waals surface area (Å²) < 4.78 is 5.71. The monoisotopic (exact) mass is 664 g/mol. The molecule has 3 heterocycles. The number of imidazole rings is 1. The highest BCUT2D eigenvalue weighted by atomic mass is 16.6. The van der Waals surface area contributed by atoms with Gasteiger partial charge in [-0.1, -0.05) is 73.5 Å². The summed E-state index contributed by atoms with van der Waals surface area (Å²) in [5, 5.41) is 0. The van der Waals surface area contributed by atoms with E-state index < -0.39 is 5.60 Å². The van der Waals surface area contributed by atoms with E-state index >= 15 is 0 Å². The van der Waals surface area contributed by atoms with Crippen molar-refractivity contribution >= 4 is 17.4 Å². The smallest absolute Gasteiger partial charge is 0.410 e. The number of aromatic amines is 1. The van der Waals surface area contributed by atoms with Crippen molar-refractivity contribution in [3.8, 4) is 33.5 Å². The first-order valence-corrected chi connectivity index (χ1v) is 19.0. The van der Waals surface area contributed by atoms with Crippen molar-refractivity contribution in [2.75, 3.05) is 6.54 Å². The van der Waals surface area contributed by atoms with Crippen LogP contribution < -0.4 is 0 Å². The third-order valence-corrected chi connectivity index (χ3v) is 12.0. The van der Waals surface area contributed by atoms with Crippen molar-refractivity contribution in [3.63, 3.8) is 0 Å². The first-order chi connectivity index (χ1) is 24.3. The van der Waals surface area contributed by atoms with Crippen molar-refractivity contribution in [1.29, 1.82) is 0 Å². The van der Waals surface area contributed by atoms with Crippen molar-refractivity contribution in [2.45, 2.75) is 114 Å². The maximum Gasteiger partial charge on any atom is 0.410 e. The van der Waals surface area contributed by atoms with Crippen molar-refractivity contribution in [3.05, 3.63) is 95.6 Å². The van der Waals surface area contributed by atoms with Crippen molar-refractivity contribution in [2.24, 2.45) is 4.99 Å². The van der Waals surface area contributed by atoms with Gasteiger partial charge in [0.25, 0.3) is 0 Å². The van der Waals surface area contributed by atoms with Crippen LogP contribution in [0.3, 0.4) is 0 Å². The number of fused-ring (bicyclic) bond motifs is 5. The van der Waals surface area contributed by atoms with Crippen LogP contribution in [0.1, 0.15) is 125 Å². The molecule has 1 N–H and O–H groups in total. The van der Waals surface area contributed by atoms with E-state index in [1.165, 1.54) is 83.9 Å². The normalized spacial score (nSPS) is 23.0. The number of nitrogens with one attached hydrogen (secondary N) is 1. The molecule has 1 amide bonds. The van der Waals surface area contributed by atoms with Gasteiger partial charge in [-0.25, -0.2) is 9.78 Å². The molecular weight excluding hydrogens is 617 g/mol. The molecule has 3 aliphatic carbocycles. The zero-order valence-corrected chi connectivity index (χ0v) is 29.7. The Morgan fingerprint density at radius 3 is 2.02 bits per heavy atom. The number of H-pyrrole nitrogens is 1. The summed E-state index contributed by atoms with van der Waals surface area (Å²) in [6.07, 6.45) is 15.5. The SMILES string of the molecule is CC(C)(C)OC(=O)N1CCCC1C1=NC=C(c2ccc(-c3ccc(-c4ccc(-c5cnc(C6CCCC6)[nH]5)cc4)c4c3C3CCC4C3)cc2)C1. The lowest BCUT2D eigenvalue weighted by molar-refractivity contribution is 0.0265. The summed E-state index contributed by atoms with van der Waals surface area (Å²) in [4.78, 5) is 28.0. The predicted octanol–water partition coefficient (Wildman–Crippen LogP) is 11.0. The zero-order valence-electron chi connectivity index (χ0n) is 29.7. The Kier molecular flexibility index (Phi) is 7.82. The lowest BCUT2D eigenvalue weighted by Gasteiger charge is -2.28. The van der Waals surface area contributed by atoms with Crippen LogP contribution in [-0.2, 0) is 4.74 Å². The number of rotatable bonds is 6. The van der Waals surface area contributed by atoms with Gasteiger partial charge in [0, 0.05) is 30.8 Å². The molecule has 2 saturated carbocycles. The van der Waals surface area contributed by atoms with E-state index in [2.05, 4.69) is 65.6 Å². The van der Waals surface area contributed by atoms with Crippen LogP contribution in [0.15, 0.2) is 78.1 Å². The van der Waals surface area contributed by atoms with Gasteiger partial charge < -0.3 is 9.72 Å². The summed E-state index contributed by atoms with van der Waals surface area (Å²) in [6, 6.07) is 23.1. The second-order valence-electron chi connectivity index (χ2n) is 16.3. The molecule has 0 radical (unpaired) electrons. The van der Waals surface area contributed by atoms with Crippen LogP contribution in [-0.4, -0.2) is 44.9 Å². The minimum atomic E-state index is -0.502. The maximum absolute atomic E-state index is 12.9. The number of aromatic nitrogens is 2. The topological polar surface area (TPSA) is 70.6 Å². The summed E-state index contributed by atoms with van der Waals surface area (Å²) in [7, 11) is 0. The number of hydrogen-bond donors (Lipinski definition) is 1. The van der Waals surface area contributed by atoms with Gasteiger partial charge in [0.1, 0.15) is 11.4 Å². The number of allylic oxidation sites excluding steroid dienone is 1. The van der Waals surface area contributed by atoms with E-state index in [4.69, 9.17) is 14.7 Å². The van der Waals surface area contributed by atoms with Gasteiger partial charge in [-0.05, 0) is 128 Å². The van der Waals surface area contributed by atoms with Crippen LogP contribution in [0, 0.1) is 0 Å². The number of carbonyl (C=O) groups excluding carboxylic acids is 1. The Morgan fingerprint density at radius 1 is 0.760 bits per heavy atom. The number of aliphatic imine (C=N–C) groups is 1. The summed E-state index contributed by atoms with van der Waals surface area (Å²) >= 11 is 0. The Morgan fingerprint density at radius 2 is 1.38 bits per heavy atom. The Labute approximate surface area is 296 Å². The maximum atomic E-state index is 12.9. The molecule has 6 nitrogen and oxygen atoms in total. The van der Waals surface area contributed by atoms with Gasteiger partial charge in [-0.15, -0.1) is 0 Å². The molecule has 3 unspecified atom stereocenters. The molecule has 2 bridgehead atoms. The minimum Gasteiger partial charge on any atom is -0.444 e. The molecule has 3 atom stereocenters. The predicted molar refractivity (Wildman–Crippen MR) is 201 cm³/mol. The van der Waals surface area contributed by atoms with Crippen molar-refractivity contribution < 1.29 is 9.53 Å². The number of likely N-dealkylation sites (tertiary alicyclic amines) is 1. The van der Waals surface area contributed by atoms with Gasteiger partial charge in [0.2, 0.25) is 0 Å². The van der Waals surface area contributed by atoms with E-state index in [0.29, 0.717) is 17.8 Å². The third-order valence-electron chi connectivity index (χ3n) is 12.0. The van der Waals surface area contributed by atoms with E-state index in [1.807, 2.05) is 38.1 Å². The van der Waals surface area contributed by atoms with Gasteiger partial charge >= 0.3 is 6.09 Å². The summed E-state index contributed by atoms with van der Waals surface area (Å²) in [6.45, 7) is 6.50. The van der Waals surface area contributed by atoms with E-state index in [0.717, 1.165) is 43.0 Å². The van der Waals surface area contributed by atoms with Crippen molar-refractivity contribution in [1.82, 2.24) is 14.9 Å². The van der Waals surface area contributed by atoms with Crippen LogP contribution in [0.25, 0.3) is 39.1 Å². The fourth-order valence-corrected chi connectivity index (χ4v) is 9.59. The molecule has 3 aromatic carbocycles. The molecule has 3 fully saturated rings. The highest BCUT2D eigenvalue weighted by Gasteiger charge is 2.40. The number of benzene rings is 3. The molecule has 2 aliphatic heterocycles. The molecule has 256 valence electrons. The molecule has 1 aromatic heterocycles. The Balaban J connectivity index is 0.929. The third kappa shape index (κ3) is 5.71. The molecule has 0 spiro atoms. The molecule has 1 saturated heterocycles. The fourth-order valence-electron chi connectivity index (χ4n) is 9.59. The fraction of sp³-hybridized carbons (Fsp3) is 0.432. The highest BCUT2D eigenvalue weighted by Crippen LogP contribution is 2.58. The van der Waals surface area contributed by atoms with Gasteiger partial charge in [-0.3, -0.25) is 9.89 Å². The van der Waals surface area contributed by atoms with Gasteiger partial charge in [0.05, 0.1) is 17.9 Å². The van der Waals surface area contributed by atoms with Crippen LogP contribution in [0.5, 0.6) is 0 Å². The largest absolute Gasteiger partial charge is 0.444 e. The highest BCUT2D eigenvalue weighted by molar-refractivity contribution is 6.03. The van der Waals surface area contributed by atoms with Gasteiger partial charge in [0.15, 0.2) is 0 Å². The van der Waals surface area contributed by atoms with E-state index in [1.54, 1.807) is 11.1 Å². The number of hydrogen-bond acceptors (Lipinski definition) is 4. The number of carbonyl (C=O) groups is 1. The number of nitrogens with zero attached hydrogens (tertiary/aromatic N) is 3. The lowest BCUT2D eigenvalue weighted by Crippen LogP contribution is -2.43.